The van der Waals surface area contributed by atoms with Crippen LogP contribution in [-0.4, -0.2) is 24.5 Å². The summed E-state index contributed by atoms with van der Waals surface area (Å²) in [6, 6.07) is 12.8. The molecule has 0 bridgehead atoms. The molecule has 1 atom stereocenters. The van der Waals surface area contributed by atoms with Gasteiger partial charge in [-0.05, 0) is 51.0 Å². The van der Waals surface area contributed by atoms with Crippen molar-refractivity contribution in [2.75, 3.05) is 11.9 Å². The lowest BCUT2D eigenvalue weighted by atomic mass is 10.1. The summed E-state index contributed by atoms with van der Waals surface area (Å²) < 4.78 is 5.60. The van der Waals surface area contributed by atoms with E-state index in [0.717, 1.165) is 17.5 Å². The second-order valence-corrected chi connectivity index (χ2v) is 6.43. The van der Waals surface area contributed by atoms with Gasteiger partial charge in [0.2, 0.25) is 0 Å². The fourth-order valence-electron chi connectivity index (χ4n) is 2.48. The van der Waals surface area contributed by atoms with E-state index in [1.165, 1.54) is 0 Å². The first-order valence-electron chi connectivity index (χ1n) is 8.80. The second-order valence-electron chi connectivity index (χ2n) is 6.43. The van der Waals surface area contributed by atoms with Crippen LogP contribution in [0.15, 0.2) is 42.5 Å². The fourth-order valence-corrected chi connectivity index (χ4v) is 2.48. The van der Waals surface area contributed by atoms with Gasteiger partial charge in [0.15, 0.2) is 6.61 Å². The highest BCUT2D eigenvalue weighted by Crippen LogP contribution is 2.19. The molecule has 2 aromatic carbocycles. The predicted molar refractivity (Wildman–Crippen MR) is 104 cm³/mol. The average Bonchev–Trinajstić information content (AvgIpc) is 2.61. The van der Waals surface area contributed by atoms with Gasteiger partial charge >= 0.3 is 0 Å². The van der Waals surface area contributed by atoms with E-state index in [1.54, 1.807) is 24.3 Å². The van der Waals surface area contributed by atoms with Crippen LogP contribution in [0.4, 0.5) is 5.69 Å². The van der Waals surface area contributed by atoms with Crippen LogP contribution in [0.2, 0.25) is 0 Å². The summed E-state index contributed by atoms with van der Waals surface area (Å²) in [5, 5.41) is 5.67. The van der Waals surface area contributed by atoms with Gasteiger partial charge in [-0.25, -0.2) is 0 Å². The first-order valence-corrected chi connectivity index (χ1v) is 8.80. The van der Waals surface area contributed by atoms with Crippen molar-refractivity contribution >= 4 is 17.5 Å². The minimum atomic E-state index is -0.311. The minimum absolute atomic E-state index is 0.0686. The second kappa shape index (κ2) is 9.04. The van der Waals surface area contributed by atoms with Gasteiger partial charge in [0.05, 0.1) is 11.3 Å². The fraction of sp³-hybridized carbons (Fsp3) is 0.333. The highest BCUT2D eigenvalue weighted by atomic mass is 16.5. The van der Waals surface area contributed by atoms with Gasteiger partial charge in [-0.2, -0.15) is 0 Å². The quantitative estimate of drug-likeness (QED) is 0.794. The largest absolute Gasteiger partial charge is 0.483 e. The summed E-state index contributed by atoms with van der Waals surface area (Å²) in [5.41, 5.74) is 3.03. The van der Waals surface area contributed by atoms with E-state index in [9.17, 15) is 9.59 Å². The Morgan fingerprint density at radius 3 is 2.54 bits per heavy atom. The van der Waals surface area contributed by atoms with Crippen LogP contribution < -0.4 is 15.4 Å². The summed E-state index contributed by atoms with van der Waals surface area (Å²) in [4.78, 5) is 24.6. The zero-order valence-corrected chi connectivity index (χ0v) is 15.8. The maximum atomic E-state index is 12.4. The lowest BCUT2D eigenvalue weighted by Crippen LogP contribution is -2.33. The molecule has 138 valence electrons. The van der Waals surface area contributed by atoms with Crippen LogP contribution in [0.1, 0.15) is 41.8 Å². The topological polar surface area (TPSA) is 67.4 Å². The number of hydrogen-bond donors (Lipinski definition) is 2. The monoisotopic (exact) mass is 354 g/mol. The molecular formula is C21H26N2O3. The van der Waals surface area contributed by atoms with E-state index >= 15 is 0 Å². The first-order chi connectivity index (χ1) is 12.4. The Labute approximate surface area is 154 Å². The van der Waals surface area contributed by atoms with Crippen LogP contribution in [0.5, 0.6) is 5.75 Å². The third kappa shape index (κ3) is 5.34. The lowest BCUT2D eigenvalue weighted by Gasteiger charge is -2.15. The van der Waals surface area contributed by atoms with Crippen molar-refractivity contribution in [1.29, 1.82) is 0 Å². The number of anilines is 1. The Morgan fingerprint density at radius 2 is 1.85 bits per heavy atom. The van der Waals surface area contributed by atoms with Crippen LogP contribution in [0.25, 0.3) is 0 Å². The Balaban J connectivity index is 2.01. The molecule has 5 nitrogen and oxygen atoms in total. The predicted octanol–water partition coefficient (Wildman–Crippen LogP) is 3.85. The summed E-state index contributed by atoms with van der Waals surface area (Å²) >= 11 is 0. The molecule has 0 aromatic heterocycles. The zero-order valence-electron chi connectivity index (χ0n) is 15.8. The van der Waals surface area contributed by atoms with Crippen molar-refractivity contribution < 1.29 is 14.3 Å². The van der Waals surface area contributed by atoms with Crippen molar-refractivity contribution in [3.8, 4) is 5.75 Å². The number of carbonyl (C=O) groups is 2. The molecule has 2 amide bonds. The highest BCUT2D eigenvalue weighted by molar-refractivity contribution is 6.04. The van der Waals surface area contributed by atoms with E-state index in [-0.39, 0.29) is 24.5 Å². The molecule has 2 rings (SSSR count). The number of nitrogens with one attached hydrogen (secondary N) is 2. The molecule has 0 aliphatic carbocycles. The summed E-state index contributed by atoms with van der Waals surface area (Å²) in [5.74, 6) is 0.160. The van der Waals surface area contributed by atoms with Crippen LogP contribution in [0, 0.1) is 13.8 Å². The standard InChI is InChI=1S/C21H26N2O3/c1-5-16(4)22-21(25)17-8-6-7-9-18(17)23-20(24)13-26-19-11-10-14(2)12-15(19)3/h6-12,16H,5,13H2,1-4H3,(H,22,25)(H,23,24)/t16-/m1/s1. The number of aryl methyl sites for hydroxylation is 2. The maximum Gasteiger partial charge on any atom is 0.262 e. The number of para-hydroxylation sites is 1. The molecule has 2 N–H and O–H groups in total. The van der Waals surface area contributed by atoms with Gasteiger partial charge in [-0.1, -0.05) is 36.8 Å². The molecule has 0 aliphatic heterocycles. The van der Waals surface area contributed by atoms with E-state index in [1.807, 2.05) is 45.9 Å². The van der Waals surface area contributed by atoms with Gasteiger partial charge < -0.3 is 15.4 Å². The average molecular weight is 354 g/mol. The molecule has 0 spiro atoms. The van der Waals surface area contributed by atoms with Gasteiger partial charge in [0.25, 0.3) is 11.8 Å². The van der Waals surface area contributed by atoms with E-state index in [4.69, 9.17) is 4.74 Å². The summed E-state index contributed by atoms with van der Waals surface area (Å²) in [7, 11) is 0. The highest BCUT2D eigenvalue weighted by Gasteiger charge is 2.15. The number of amides is 2. The molecule has 2 aromatic rings. The Bertz CT molecular complexity index is 787. The Kier molecular flexibility index (Phi) is 6.78. The van der Waals surface area contributed by atoms with Crippen LogP contribution in [0.3, 0.4) is 0 Å². The van der Waals surface area contributed by atoms with E-state index in [2.05, 4.69) is 10.6 Å². The van der Waals surface area contributed by atoms with Crippen LogP contribution in [-0.2, 0) is 4.79 Å². The van der Waals surface area contributed by atoms with Gasteiger partial charge in [-0.15, -0.1) is 0 Å². The van der Waals surface area contributed by atoms with Gasteiger partial charge in [0.1, 0.15) is 5.75 Å². The molecule has 0 saturated carbocycles. The summed E-state index contributed by atoms with van der Waals surface area (Å²) in [6.07, 6.45) is 0.837. The minimum Gasteiger partial charge on any atom is -0.483 e. The maximum absolute atomic E-state index is 12.4. The van der Waals surface area contributed by atoms with Crippen LogP contribution >= 0.6 is 0 Å². The summed E-state index contributed by atoms with van der Waals surface area (Å²) in [6.45, 7) is 7.77. The number of rotatable bonds is 7. The number of benzene rings is 2. The van der Waals surface area contributed by atoms with E-state index < -0.39 is 0 Å². The zero-order chi connectivity index (χ0) is 19.1. The number of ether oxygens (including phenoxy) is 1. The first kappa shape index (κ1) is 19.5. The van der Waals surface area contributed by atoms with Crippen molar-refractivity contribution in [3.05, 3.63) is 59.2 Å². The number of carbonyl (C=O) groups excluding carboxylic acids is 2. The Hall–Kier alpha value is -2.82. The normalized spacial score (nSPS) is 11.5. The van der Waals surface area contributed by atoms with Crippen molar-refractivity contribution in [2.24, 2.45) is 0 Å². The third-order valence-electron chi connectivity index (χ3n) is 4.12. The van der Waals surface area contributed by atoms with E-state index in [0.29, 0.717) is 17.0 Å². The Morgan fingerprint density at radius 1 is 1.12 bits per heavy atom. The van der Waals surface area contributed by atoms with Crippen molar-refractivity contribution in [1.82, 2.24) is 5.32 Å². The third-order valence-corrected chi connectivity index (χ3v) is 4.12. The van der Waals surface area contributed by atoms with Crippen molar-refractivity contribution in [2.45, 2.75) is 40.2 Å². The molecule has 0 aliphatic rings. The molecular weight excluding hydrogens is 328 g/mol. The molecule has 0 radical (unpaired) electrons. The lowest BCUT2D eigenvalue weighted by molar-refractivity contribution is -0.118. The SMILES string of the molecule is CC[C@@H](C)NC(=O)c1ccccc1NC(=O)COc1ccc(C)cc1C. The molecule has 0 fully saturated rings. The molecule has 0 heterocycles. The molecule has 0 saturated heterocycles. The van der Waals surface area contributed by atoms with Gasteiger partial charge in [-0.3, -0.25) is 9.59 Å². The number of hydrogen-bond acceptors (Lipinski definition) is 3. The smallest absolute Gasteiger partial charge is 0.262 e. The van der Waals surface area contributed by atoms with Crippen molar-refractivity contribution in [3.63, 3.8) is 0 Å². The van der Waals surface area contributed by atoms with Gasteiger partial charge in [0, 0.05) is 6.04 Å². The molecule has 5 heteroatoms. The molecule has 26 heavy (non-hydrogen) atoms. The molecule has 0 unspecified atom stereocenters.